The highest BCUT2D eigenvalue weighted by Crippen LogP contribution is 2.33. The van der Waals surface area contributed by atoms with E-state index in [2.05, 4.69) is 26.3 Å². The van der Waals surface area contributed by atoms with Crippen LogP contribution in [0.2, 0.25) is 0 Å². The molecule has 4 rings (SSSR count). The molecular weight excluding hydrogens is 548 g/mol. The number of aliphatic imine (C=N–C) groups is 1. The normalized spacial score (nSPS) is 26.3. The summed E-state index contributed by atoms with van der Waals surface area (Å²) < 4.78 is 0. The smallest absolute Gasteiger partial charge is 0.315 e. The van der Waals surface area contributed by atoms with E-state index in [4.69, 9.17) is 0 Å². The van der Waals surface area contributed by atoms with Gasteiger partial charge in [-0.3, -0.25) is 24.2 Å². The van der Waals surface area contributed by atoms with E-state index in [1.54, 1.807) is 4.90 Å². The number of thioether (sulfide) groups is 1. The van der Waals surface area contributed by atoms with Crippen LogP contribution < -0.4 is 21.3 Å². The van der Waals surface area contributed by atoms with Crippen LogP contribution in [0.3, 0.4) is 0 Å². The van der Waals surface area contributed by atoms with Gasteiger partial charge in [0, 0.05) is 49.7 Å². The van der Waals surface area contributed by atoms with Gasteiger partial charge in [0.2, 0.25) is 17.7 Å². The SMILES string of the molecule is O=C(CCCC[C@@H]1SC[C@@H]2NC(=O)N[C@@H]21)NCCCCCC(=O)N[C@@H](C(=O)N1CCCC1)[C@H](O)C1C=CN=CC1=O. The fraction of sp³-hybridized carbons (Fsp3) is 0.714. The van der Waals surface area contributed by atoms with Gasteiger partial charge in [-0.05, 0) is 38.5 Å². The van der Waals surface area contributed by atoms with Gasteiger partial charge in [0.1, 0.15) is 6.04 Å². The monoisotopic (exact) mass is 590 g/mol. The lowest BCUT2D eigenvalue weighted by molar-refractivity contribution is -0.140. The molecular formula is C28H42N6O6S. The maximum absolute atomic E-state index is 13.1. The number of Topliss-reactive ketones (excluding diaryl/α,β-unsaturated/α-hetero) is 1. The van der Waals surface area contributed by atoms with Crippen molar-refractivity contribution in [3.05, 3.63) is 12.3 Å². The van der Waals surface area contributed by atoms with Gasteiger partial charge in [0.05, 0.1) is 30.3 Å². The highest BCUT2D eigenvalue weighted by molar-refractivity contribution is 8.00. The number of likely N-dealkylation sites (tertiary alicyclic amines) is 1. The molecule has 0 aliphatic carbocycles. The summed E-state index contributed by atoms with van der Waals surface area (Å²) in [5.74, 6) is -1.12. The van der Waals surface area contributed by atoms with Crippen molar-refractivity contribution in [1.82, 2.24) is 26.2 Å². The number of aliphatic hydroxyl groups is 1. The maximum atomic E-state index is 13.1. The topological polar surface area (TPSA) is 169 Å². The number of carbonyl (C=O) groups is 5. The van der Waals surface area contributed by atoms with Gasteiger partial charge in [-0.25, -0.2) is 4.79 Å². The van der Waals surface area contributed by atoms with E-state index >= 15 is 0 Å². The molecule has 3 fully saturated rings. The molecule has 4 aliphatic rings. The summed E-state index contributed by atoms with van der Waals surface area (Å²) in [7, 11) is 0. The third-order valence-electron chi connectivity index (χ3n) is 8.10. The van der Waals surface area contributed by atoms with Crippen LogP contribution >= 0.6 is 11.8 Å². The van der Waals surface area contributed by atoms with Gasteiger partial charge in [0.25, 0.3) is 0 Å². The summed E-state index contributed by atoms with van der Waals surface area (Å²) in [5, 5.41) is 22.8. The summed E-state index contributed by atoms with van der Waals surface area (Å²) in [4.78, 5) is 67.0. The Morgan fingerprint density at radius 2 is 1.80 bits per heavy atom. The number of fused-ring (bicyclic) bond motifs is 1. The van der Waals surface area contributed by atoms with E-state index in [-0.39, 0.29) is 42.3 Å². The van der Waals surface area contributed by atoms with Crippen LogP contribution in [0.5, 0.6) is 0 Å². The van der Waals surface area contributed by atoms with Gasteiger partial charge in [-0.1, -0.05) is 18.9 Å². The zero-order valence-electron chi connectivity index (χ0n) is 23.4. The molecule has 0 saturated carbocycles. The maximum Gasteiger partial charge on any atom is 0.315 e. The van der Waals surface area contributed by atoms with Crippen LogP contribution in [-0.4, -0.2) is 101 Å². The third kappa shape index (κ3) is 8.78. The minimum atomic E-state index is -1.38. The Labute approximate surface area is 244 Å². The second kappa shape index (κ2) is 15.3. The molecule has 4 heterocycles. The number of hydrogen-bond acceptors (Lipinski definition) is 8. The van der Waals surface area contributed by atoms with Gasteiger partial charge in [-0.2, -0.15) is 11.8 Å². The lowest BCUT2D eigenvalue weighted by Crippen LogP contribution is -2.56. The number of ketones is 1. The lowest BCUT2D eigenvalue weighted by atomic mass is 9.90. The molecule has 0 aromatic rings. The predicted molar refractivity (Wildman–Crippen MR) is 155 cm³/mol. The summed E-state index contributed by atoms with van der Waals surface area (Å²) in [6.07, 6.45) is 9.73. The Hall–Kier alpha value is -2.93. The molecule has 4 aliphatic heterocycles. The van der Waals surface area contributed by atoms with Crippen molar-refractivity contribution in [3.63, 3.8) is 0 Å². The minimum absolute atomic E-state index is 0.0177. The second-order valence-corrected chi connectivity index (χ2v) is 12.4. The zero-order valence-corrected chi connectivity index (χ0v) is 24.2. The molecule has 12 nitrogen and oxygen atoms in total. The van der Waals surface area contributed by atoms with Crippen molar-refractivity contribution in [2.24, 2.45) is 10.9 Å². The Balaban J connectivity index is 1.08. The first-order valence-corrected chi connectivity index (χ1v) is 15.8. The first-order chi connectivity index (χ1) is 19.8. The number of urea groups is 1. The summed E-state index contributed by atoms with van der Waals surface area (Å²) >= 11 is 1.88. The Morgan fingerprint density at radius 1 is 1.05 bits per heavy atom. The quantitative estimate of drug-likeness (QED) is 0.138. The molecule has 0 aromatic carbocycles. The van der Waals surface area contributed by atoms with E-state index in [9.17, 15) is 29.1 Å². The lowest BCUT2D eigenvalue weighted by Gasteiger charge is -2.30. The van der Waals surface area contributed by atoms with Crippen molar-refractivity contribution in [2.75, 3.05) is 25.4 Å². The molecule has 226 valence electrons. The predicted octanol–water partition coefficient (Wildman–Crippen LogP) is 0.640. The number of unbranched alkanes of at least 4 members (excludes halogenated alkanes) is 3. The molecule has 0 bridgehead atoms. The third-order valence-corrected chi connectivity index (χ3v) is 9.61. The van der Waals surface area contributed by atoms with Gasteiger partial charge < -0.3 is 31.3 Å². The molecule has 13 heteroatoms. The number of hydrogen-bond donors (Lipinski definition) is 5. The Morgan fingerprint density at radius 3 is 2.59 bits per heavy atom. The van der Waals surface area contributed by atoms with Gasteiger partial charge >= 0.3 is 6.03 Å². The van der Waals surface area contributed by atoms with E-state index in [1.165, 1.54) is 12.3 Å². The second-order valence-electron chi connectivity index (χ2n) is 11.1. The van der Waals surface area contributed by atoms with E-state index < -0.39 is 23.8 Å². The molecule has 6 atom stereocenters. The molecule has 5 N–H and O–H groups in total. The largest absolute Gasteiger partial charge is 0.389 e. The van der Waals surface area contributed by atoms with Gasteiger partial charge in [0.15, 0.2) is 5.78 Å². The zero-order chi connectivity index (χ0) is 29.2. The summed E-state index contributed by atoms with van der Waals surface area (Å²) in [6.45, 7) is 1.67. The number of amides is 5. The van der Waals surface area contributed by atoms with E-state index in [0.717, 1.165) is 56.9 Å². The molecule has 41 heavy (non-hydrogen) atoms. The number of aliphatic hydroxyl groups excluding tert-OH is 1. The van der Waals surface area contributed by atoms with Crippen molar-refractivity contribution in [3.8, 4) is 0 Å². The van der Waals surface area contributed by atoms with Gasteiger partial charge in [-0.15, -0.1) is 0 Å². The summed E-state index contributed by atoms with van der Waals surface area (Å²) in [5.41, 5.74) is 0. The minimum Gasteiger partial charge on any atom is -0.389 e. The highest BCUT2D eigenvalue weighted by Gasteiger charge is 2.42. The summed E-state index contributed by atoms with van der Waals surface area (Å²) in [6, 6.07) is -0.871. The van der Waals surface area contributed by atoms with Crippen molar-refractivity contribution in [1.29, 1.82) is 0 Å². The average Bonchev–Trinajstić information content (AvgIpc) is 3.70. The van der Waals surface area contributed by atoms with Crippen molar-refractivity contribution < 1.29 is 29.1 Å². The Bertz CT molecular complexity index is 1030. The standard InChI is InChI=1S/C28H42N6O6S/c35-20-16-29-13-11-18(20)26(38)25(27(39)34-14-6-7-15-34)32-23(37)10-2-1-5-12-30-22(36)9-4-3-8-21-24-19(17-41-21)31-28(40)33-24/h11,13,16,18-19,21,24-26,38H,1-10,12,14-15,17H2,(H,30,36)(H,32,37)(H2,31,33,40)/t18?,19-,21-,24-,25+,26+/m0/s1. The van der Waals surface area contributed by atoms with Crippen molar-refractivity contribution >= 4 is 47.5 Å². The van der Waals surface area contributed by atoms with Crippen molar-refractivity contribution in [2.45, 2.75) is 93.7 Å². The molecule has 0 spiro atoms. The van der Waals surface area contributed by atoms with Crippen LogP contribution in [0.4, 0.5) is 4.79 Å². The molecule has 1 unspecified atom stereocenters. The average molecular weight is 591 g/mol. The van der Waals surface area contributed by atoms with Crippen LogP contribution in [0, 0.1) is 5.92 Å². The first kappa shape index (κ1) is 31.0. The molecule has 5 amide bonds. The fourth-order valence-electron chi connectivity index (χ4n) is 5.78. The van der Waals surface area contributed by atoms with E-state index in [1.807, 2.05) is 11.8 Å². The number of nitrogens with zero attached hydrogens (tertiary/aromatic N) is 2. The number of rotatable bonds is 15. The fourth-order valence-corrected chi connectivity index (χ4v) is 7.32. The van der Waals surface area contributed by atoms with Crippen LogP contribution in [-0.2, 0) is 19.2 Å². The molecule has 0 radical (unpaired) electrons. The van der Waals surface area contributed by atoms with Crippen LogP contribution in [0.15, 0.2) is 17.3 Å². The molecule has 0 aromatic heterocycles. The van der Waals surface area contributed by atoms with Crippen LogP contribution in [0.1, 0.15) is 64.2 Å². The van der Waals surface area contributed by atoms with E-state index in [0.29, 0.717) is 37.7 Å². The Kier molecular flexibility index (Phi) is 11.6. The number of nitrogens with one attached hydrogen (secondary N) is 4. The number of carbonyl (C=O) groups excluding carboxylic acids is 5. The van der Waals surface area contributed by atoms with Crippen LogP contribution in [0.25, 0.3) is 0 Å². The molecule has 3 saturated heterocycles. The first-order valence-electron chi connectivity index (χ1n) is 14.8. The highest BCUT2D eigenvalue weighted by atomic mass is 32.2.